The van der Waals surface area contributed by atoms with Gasteiger partial charge in [-0.1, -0.05) is 24.3 Å². The van der Waals surface area contributed by atoms with Crippen molar-refractivity contribution < 1.29 is 28.5 Å². The van der Waals surface area contributed by atoms with Gasteiger partial charge in [0.15, 0.2) is 17.2 Å². The Labute approximate surface area is 198 Å². The molecule has 1 aliphatic rings. The van der Waals surface area contributed by atoms with Crippen LogP contribution in [0, 0.1) is 0 Å². The first-order chi connectivity index (χ1) is 16.7. The summed E-state index contributed by atoms with van der Waals surface area (Å²) in [6.07, 6.45) is 1.66. The van der Waals surface area contributed by atoms with Crippen LogP contribution in [0.25, 0.3) is 6.08 Å². The largest absolute Gasteiger partial charge is 0.497 e. The molecule has 3 aromatic rings. The van der Waals surface area contributed by atoms with Crippen LogP contribution >= 0.6 is 0 Å². The number of ether oxygens (including phenoxy) is 5. The van der Waals surface area contributed by atoms with E-state index in [9.17, 15) is 4.79 Å². The second-order valence-electron chi connectivity index (χ2n) is 7.21. The summed E-state index contributed by atoms with van der Waals surface area (Å²) >= 11 is 0. The smallest absolute Gasteiger partial charge is 0.363 e. The lowest BCUT2D eigenvalue weighted by Gasteiger charge is -2.13. The van der Waals surface area contributed by atoms with E-state index in [-0.39, 0.29) is 5.70 Å². The van der Waals surface area contributed by atoms with Crippen LogP contribution in [0.5, 0.6) is 23.0 Å². The van der Waals surface area contributed by atoms with E-state index in [0.29, 0.717) is 37.2 Å². The van der Waals surface area contributed by atoms with E-state index in [1.54, 1.807) is 25.3 Å². The van der Waals surface area contributed by atoms with E-state index in [2.05, 4.69) is 4.99 Å². The number of benzene rings is 3. The third-order valence-electron chi connectivity index (χ3n) is 4.88. The summed E-state index contributed by atoms with van der Waals surface area (Å²) in [5.74, 6) is 2.46. The van der Waals surface area contributed by atoms with Crippen molar-refractivity contribution in [2.45, 2.75) is 6.92 Å². The van der Waals surface area contributed by atoms with Gasteiger partial charge in [-0.25, -0.2) is 9.79 Å². The van der Waals surface area contributed by atoms with Crippen molar-refractivity contribution in [1.82, 2.24) is 0 Å². The third kappa shape index (κ3) is 5.75. The van der Waals surface area contributed by atoms with Gasteiger partial charge < -0.3 is 23.7 Å². The molecule has 0 fully saturated rings. The summed E-state index contributed by atoms with van der Waals surface area (Å²) in [7, 11) is 1.62. The molecule has 0 amide bonds. The van der Waals surface area contributed by atoms with E-state index in [1.807, 2.05) is 67.6 Å². The fourth-order valence-electron chi connectivity index (χ4n) is 3.26. The molecule has 4 rings (SSSR count). The molecule has 3 aromatic carbocycles. The van der Waals surface area contributed by atoms with Crippen molar-refractivity contribution in [3.8, 4) is 23.0 Å². The number of hydrogen-bond donors (Lipinski definition) is 0. The molecule has 1 heterocycles. The van der Waals surface area contributed by atoms with Crippen LogP contribution in [0.1, 0.15) is 18.1 Å². The number of hydrogen-bond acceptors (Lipinski definition) is 7. The van der Waals surface area contributed by atoms with Crippen LogP contribution in [0.4, 0.5) is 0 Å². The molecule has 0 N–H and O–H groups in total. The minimum Gasteiger partial charge on any atom is -0.497 e. The molecule has 0 bridgehead atoms. The molecular weight excluding hydrogens is 434 g/mol. The molecule has 174 valence electrons. The zero-order chi connectivity index (χ0) is 23.8. The van der Waals surface area contributed by atoms with Crippen LogP contribution in [-0.4, -0.2) is 38.8 Å². The number of nitrogens with zero attached hydrogens (tertiary/aromatic N) is 1. The highest BCUT2D eigenvalue weighted by molar-refractivity contribution is 6.12. The van der Waals surface area contributed by atoms with Gasteiger partial charge in [-0.05, 0) is 67.1 Å². The van der Waals surface area contributed by atoms with Crippen LogP contribution in [0.15, 0.2) is 83.5 Å². The molecule has 0 aromatic heterocycles. The number of cyclic esters (lactones) is 1. The number of methoxy groups -OCH3 is 1. The van der Waals surface area contributed by atoms with Crippen LogP contribution in [0.3, 0.4) is 0 Å². The molecule has 34 heavy (non-hydrogen) atoms. The highest BCUT2D eigenvalue weighted by Gasteiger charge is 2.24. The van der Waals surface area contributed by atoms with Gasteiger partial charge in [0.1, 0.15) is 24.7 Å². The van der Waals surface area contributed by atoms with E-state index in [4.69, 9.17) is 23.7 Å². The number of carbonyl (C=O) groups excluding carboxylic acids is 1. The van der Waals surface area contributed by atoms with E-state index < -0.39 is 5.97 Å². The van der Waals surface area contributed by atoms with Gasteiger partial charge in [-0.3, -0.25) is 0 Å². The molecule has 0 spiro atoms. The van der Waals surface area contributed by atoms with Gasteiger partial charge in [0.2, 0.25) is 5.90 Å². The van der Waals surface area contributed by atoms with Crippen molar-refractivity contribution >= 4 is 17.9 Å². The molecule has 7 nitrogen and oxygen atoms in total. The van der Waals surface area contributed by atoms with Crippen molar-refractivity contribution in [3.63, 3.8) is 0 Å². The van der Waals surface area contributed by atoms with E-state index in [1.165, 1.54) is 0 Å². The minimum absolute atomic E-state index is 0.225. The summed E-state index contributed by atoms with van der Waals surface area (Å²) < 4.78 is 27.8. The minimum atomic E-state index is -0.493. The molecule has 0 radical (unpaired) electrons. The molecular formula is C27H25NO6. The Morgan fingerprint density at radius 3 is 2.32 bits per heavy atom. The molecule has 1 aliphatic heterocycles. The van der Waals surface area contributed by atoms with Crippen molar-refractivity contribution in [2.24, 2.45) is 4.99 Å². The third-order valence-corrected chi connectivity index (χ3v) is 4.88. The summed E-state index contributed by atoms with van der Waals surface area (Å²) in [6, 6.07) is 22.1. The first kappa shape index (κ1) is 22.9. The summed E-state index contributed by atoms with van der Waals surface area (Å²) in [5.41, 5.74) is 1.72. The second kappa shape index (κ2) is 11.0. The zero-order valence-electron chi connectivity index (χ0n) is 19.0. The summed E-state index contributed by atoms with van der Waals surface area (Å²) in [4.78, 5) is 16.6. The number of rotatable bonds is 10. The van der Waals surface area contributed by atoms with Gasteiger partial charge in [0, 0.05) is 5.56 Å². The SMILES string of the molecule is CCOc1cc(/C=C2/N=C(c3ccccc3)OC2=O)ccc1OCCOc1ccc(OC)cc1. The Morgan fingerprint density at radius 1 is 0.853 bits per heavy atom. The fourth-order valence-corrected chi connectivity index (χ4v) is 3.26. The average Bonchev–Trinajstić information content (AvgIpc) is 3.24. The molecule has 0 atom stereocenters. The van der Waals surface area contributed by atoms with Gasteiger partial charge >= 0.3 is 5.97 Å². The molecule has 0 aliphatic carbocycles. The Bertz CT molecular complexity index is 1190. The normalized spacial score (nSPS) is 13.9. The molecule has 7 heteroatoms. The lowest BCUT2D eigenvalue weighted by Crippen LogP contribution is -2.10. The zero-order valence-corrected chi connectivity index (χ0v) is 19.0. The van der Waals surface area contributed by atoms with E-state index in [0.717, 1.165) is 22.6 Å². The quantitative estimate of drug-likeness (QED) is 0.244. The monoisotopic (exact) mass is 459 g/mol. The average molecular weight is 459 g/mol. The van der Waals surface area contributed by atoms with Crippen molar-refractivity contribution in [3.05, 3.63) is 89.6 Å². The maximum absolute atomic E-state index is 12.3. The Morgan fingerprint density at radius 2 is 1.59 bits per heavy atom. The Kier molecular flexibility index (Phi) is 7.45. The van der Waals surface area contributed by atoms with Gasteiger partial charge in [0.25, 0.3) is 0 Å². The molecule has 0 unspecified atom stereocenters. The predicted octanol–water partition coefficient (Wildman–Crippen LogP) is 4.90. The highest BCUT2D eigenvalue weighted by atomic mass is 16.6. The second-order valence-corrected chi connectivity index (χ2v) is 7.21. The van der Waals surface area contributed by atoms with Crippen LogP contribution in [-0.2, 0) is 9.53 Å². The lowest BCUT2D eigenvalue weighted by molar-refractivity contribution is -0.129. The van der Waals surface area contributed by atoms with Gasteiger partial charge in [-0.15, -0.1) is 0 Å². The fraction of sp³-hybridized carbons (Fsp3) is 0.185. The van der Waals surface area contributed by atoms with Gasteiger partial charge in [0.05, 0.1) is 13.7 Å². The topological polar surface area (TPSA) is 75.6 Å². The number of esters is 1. The first-order valence-electron chi connectivity index (χ1n) is 10.9. The number of carbonyl (C=O) groups is 1. The predicted molar refractivity (Wildman–Crippen MR) is 129 cm³/mol. The maximum Gasteiger partial charge on any atom is 0.363 e. The van der Waals surface area contributed by atoms with Crippen LogP contribution < -0.4 is 18.9 Å². The maximum atomic E-state index is 12.3. The summed E-state index contributed by atoms with van der Waals surface area (Å²) in [6.45, 7) is 3.07. The summed E-state index contributed by atoms with van der Waals surface area (Å²) in [5, 5.41) is 0. The molecule has 0 saturated carbocycles. The van der Waals surface area contributed by atoms with Gasteiger partial charge in [-0.2, -0.15) is 0 Å². The van der Waals surface area contributed by atoms with Crippen LogP contribution in [0.2, 0.25) is 0 Å². The van der Waals surface area contributed by atoms with E-state index >= 15 is 0 Å². The Balaban J connectivity index is 1.41. The van der Waals surface area contributed by atoms with Crippen molar-refractivity contribution in [2.75, 3.05) is 26.9 Å². The number of aliphatic imine (C=N–C) groups is 1. The lowest BCUT2D eigenvalue weighted by atomic mass is 10.1. The first-order valence-corrected chi connectivity index (χ1v) is 10.9. The Hall–Kier alpha value is -4.26. The molecule has 0 saturated heterocycles. The highest BCUT2D eigenvalue weighted by Crippen LogP contribution is 2.30. The van der Waals surface area contributed by atoms with Crippen molar-refractivity contribution in [1.29, 1.82) is 0 Å². The standard InChI is InChI=1S/C27H25NO6/c1-3-31-25-18-19(17-23-27(29)34-26(28-23)20-7-5-4-6-8-20)9-14-24(25)33-16-15-32-22-12-10-21(30-2)11-13-22/h4-14,17-18H,3,15-16H2,1-2H3/b23-17+.